The summed E-state index contributed by atoms with van der Waals surface area (Å²) in [7, 11) is 1.61. The molecule has 5 rings (SSSR count). The lowest BCUT2D eigenvalue weighted by molar-refractivity contribution is -0.132. The molecular weight excluding hydrogens is 520 g/mol. The highest BCUT2D eigenvalue weighted by Gasteiger charge is 2.40. The molecule has 0 saturated carbocycles. The van der Waals surface area contributed by atoms with E-state index in [9.17, 15) is 14.4 Å². The first-order valence-corrected chi connectivity index (χ1v) is 14.9. The normalized spacial score (nSPS) is 22.2. The van der Waals surface area contributed by atoms with Gasteiger partial charge in [0.15, 0.2) is 0 Å². The number of aryl methyl sites for hydroxylation is 1. The summed E-state index contributed by atoms with van der Waals surface area (Å²) in [5.41, 5.74) is 2.49. The lowest BCUT2D eigenvalue weighted by Crippen LogP contribution is -2.43. The summed E-state index contributed by atoms with van der Waals surface area (Å²) in [4.78, 5) is 46.2. The molecule has 3 heterocycles. The van der Waals surface area contributed by atoms with E-state index in [1.54, 1.807) is 18.1 Å². The van der Waals surface area contributed by atoms with Gasteiger partial charge in [0.1, 0.15) is 11.5 Å². The third kappa shape index (κ3) is 7.01. The molecule has 2 aromatic carbocycles. The second-order valence-corrected chi connectivity index (χ2v) is 11.4. The van der Waals surface area contributed by atoms with E-state index in [0.29, 0.717) is 57.9 Å². The zero-order chi connectivity index (χ0) is 28.8. The summed E-state index contributed by atoms with van der Waals surface area (Å²) >= 11 is 0. The van der Waals surface area contributed by atoms with Crippen LogP contribution in [0.2, 0.25) is 0 Å². The Hall–Kier alpha value is -3.59. The van der Waals surface area contributed by atoms with Crippen molar-refractivity contribution in [2.75, 3.05) is 66.1 Å². The Morgan fingerprint density at radius 1 is 0.951 bits per heavy atom. The van der Waals surface area contributed by atoms with Crippen molar-refractivity contribution in [2.24, 2.45) is 5.92 Å². The molecule has 0 aromatic heterocycles. The van der Waals surface area contributed by atoms with E-state index in [2.05, 4.69) is 10.2 Å². The van der Waals surface area contributed by atoms with Gasteiger partial charge in [-0.15, -0.1) is 0 Å². The number of carbonyl (C=O) groups is 3. The number of ether oxygens (including phenoxy) is 2. The number of rotatable bonds is 4. The Labute approximate surface area is 242 Å². The summed E-state index contributed by atoms with van der Waals surface area (Å²) in [5.74, 6) is 0.898. The molecule has 9 heteroatoms. The number of fused-ring (bicyclic) bond motifs is 4. The van der Waals surface area contributed by atoms with E-state index in [1.807, 2.05) is 48.2 Å². The number of likely N-dealkylation sites (tertiary alicyclic amines) is 2. The molecule has 3 aliphatic heterocycles. The Bertz CT molecular complexity index is 1240. The third-order valence-corrected chi connectivity index (χ3v) is 8.55. The van der Waals surface area contributed by atoms with Crippen LogP contribution >= 0.6 is 0 Å². The van der Waals surface area contributed by atoms with Gasteiger partial charge < -0.3 is 24.6 Å². The van der Waals surface area contributed by atoms with E-state index in [0.717, 1.165) is 48.6 Å². The first-order chi connectivity index (χ1) is 19.9. The van der Waals surface area contributed by atoms with Crippen molar-refractivity contribution in [3.63, 3.8) is 0 Å². The second-order valence-electron chi connectivity index (χ2n) is 11.4. The van der Waals surface area contributed by atoms with Gasteiger partial charge in [0.25, 0.3) is 5.91 Å². The monoisotopic (exact) mass is 562 g/mol. The largest absolute Gasteiger partial charge is 0.496 e. The molecule has 2 saturated heterocycles. The van der Waals surface area contributed by atoms with Crippen LogP contribution in [0, 0.1) is 12.8 Å². The quantitative estimate of drug-likeness (QED) is 0.616. The van der Waals surface area contributed by atoms with Crippen LogP contribution in [0.4, 0.5) is 0 Å². The topological polar surface area (TPSA) is 91.4 Å². The molecule has 220 valence electrons. The molecule has 2 bridgehead atoms. The number of piperidine rings is 1. The number of hydrogen-bond donors (Lipinski definition) is 1. The van der Waals surface area contributed by atoms with Crippen molar-refractivity contribution < 1.29 is 23.9 Å². The van der Waals surface area contributed by atoms with Gasteiger partial charge in [-0.05, 0) is 80.7 Å². The average Bonchev–Trinajstić information content (AvgIpc) is 3.44. The summed E-state index contributed by atoms with van der Waals surface area (Å²) in [6, 6.07) is 13.3. The van der Waals surface area contributed by atoms with Crippen LogP contribution in [-0.2, 0) is 9.59 Å². The van der Waals surface area contributed by atoms with Crippen LogP contribution in [0.25, 0.3) is 0 Å². The highest BCUT2D eigenvalue weighted by molar-refractivity contribution is 5.94. The van der Waals surface area contributed by atoms with Crippen molar-refractivity contribution in [2.45, 2.75) is 38.5 Å². The van der Waals surface area contributed by atoms with Crippen LogP contribution in [0.5, 0.6) is 11.5 Å². The SMILES string of the molecule is COc1ccc(C(=O)N2CCCOc3cccc(c3)[C@H]3CN(C(=O)CN4CCCCC4)C[C@@H]3C(=O)NCC2)cc1C. The minimum absolute atomic E-state index is 0.0839. The van der Waals surface area contributed by atoms with Crippen molar-refractivity contribution in [3.05, 3.63) is 59.2 Å². The molecule has 0 radical (unpaired) electrons. The number of methoxy groups -OCH3 is 1. The van der Waals surface area contributed by atoms with Gasteiger partial charge in [0.2, 0.25) is 11.8 Å². The standard InChI is InChI=1S/C32H42N4O5/c1-23-18-25(10-11-29(23)40-2)32(39)35-15-7-17-41-26-9-6-8-24(19-26)27-20-36(21-28(27)31(38)33-12-16-35)30(37)22-34-13-4-3-5-14-34/h6,8-11,18-19,27-28H,3-5,7,12-17,20-22H2,1-2H3,(H,33,38)/t27-,28+/m1/s1. The van der Waals surface area contributed by atoms with Crippen LogP contribution < -0.4 is 14.8 Å². The molecule has 3 aliphatic rings. The average molecular weight is 563 g/mol. The van der Waals surface area contributed by atoms with E-state index in [1.165, 1.54) is 6.42 Å². The van der Waals surface area contributed by atoms with Gasteiger partial charge in [-0.25, -0.2) is 0 Å². The summed E-state index contributed by atoms with van der Waals surface area (Å²) in [5, 5.41) is 3.09. The maximum absolute atomic E-state index is 13.6. The van der Waals surface area contributed by atoms with Crippen molar-refractivity contribution in [1.29, 1.82) is 0 Å². The highest BCUT2D eigenvalue weighted by atomic mass is 16.5. The van der Waals surface area contributed by atoms with E-state index in [4.69, 9.17) is 9.47 Å². The van der Waals surface area contributed by atoms with Gasteiger partial charge >= 0.3 is 0 Å². The molecule has 0 unspecified atom stereocenters. The molecule has 2 fully saturated rings. The second kappa shape index (κ2) is 13.4. The Kier molecular flexibility index (Phi) is 9.44. The lowest BCUT2D eigenvalue weighted by atomic mass is 9.88. The van der Waals surface area contributed by atoms with Crippen molar-refractivity contribution in [1.82, 2.24) is 20.0 Å². The van der Waals surface area contributed by atoms with E-state index in [-0.39, 0.29) is 29.6 Å². The van der Waals surface area contributed by atoms with Gasteiger partial charge in [-0.3, -0.25) is 19.3 Å². The molecule has 2 aromatic rings. The Morgan fingerprint density at radius 2 is 1.76 bits per heavy atom. The fraction of sp³-hybridized carbons (Fsp3) is 0.531. The Balaban J connectivity index is 1.32. The molecule has 41 heavy (non-hydrogen) atoms. The molecule has 2 atom stereocenters. The maximum atomic E-state index is 13.6. The predicted molar refractivity (Wildman–Crippen MR) is 156 cm³/mol. The summed E-state index contributed by atoms with van der Waals surface area (Å²) in [6.07, 6.45) is 4.14. The molecular formula is C32H42N4O5. The summed E-state index contributed by atoms with van der Waals surface area (Å²) < 4.78 is 11.4. The molecule has 9 nitrogen and oxygen atoms in total. The number of nitrogens with zero attached hydrogens (tertiary/aromatic N) is 3. The molecule has 1 N–H and O–H groups in total. The molecule has 0 spiro atoms. The van der Waals surface area contributed by atoms with E-state index < -0.39 is 0 Å². The fourth-order valence-corrected chi connectivity index (χ4v) is 6.25. The van der Waals surface area contributed by atoms with E-state index >= 15 is 0 Å². The first-order valence-electron chi connectivity index (χ1n) is 14.9. The van der Waals surface area contributed by atoms with Gasteiger partial charge in [0, 0.05) is 44.2 Å². The fourth-order valence-electron chi connectivity index (χ4n) is 6.25. The maximum Gasteiger partial charge on any atom is 0.253 e. The molecule has 0 aliphatic carbocycles. The van der Waals surface area contributed by atoms with Crippen LogP contribution in [0.15, 0.2) is 42.5 Å². The van der Waals surface area contributed by atoms with Crippen molar-refractivity contribution >= 4 is 17.7 Å². The molecule has 3 amide bonds. The first kappa shape index (κ1) is 28.9. The Morgan fingerprint density at radius 3 is 2.54 bits per heavy atom. The van der Waals surface area contributed by atoms with Crippen LogP contribution in [0.1, 0.15) is 53.1 Å². The smallest absolute Gasteiger partial charge is 0.253 e. The number of nitrogens with one attached hydrogen (secondary N) is 1. The third-order valence-electron chi connectivity index (χ3n) is 8.55. The zero-order valence-corrected chi connectivity index (χ0v) is 24.3. The number of hydrogen-bond acceptors (Lipinski definition) is 6. The van der Waals surface area contributed by atoms with Gasteiger partial charge in [-0.2, -0.15) is 0 Å². The lowest BCUT2D eigenvalue weighted by Gasteiger charge is -2.28. The predicted octanol–water partition coefficient (Wildman–Crippen LogP) is 3.07. The van der Waals surface area contributed by atoms with Crippen LogP contribution in [0.3, 0.4) is 0 Å². The zero-order valence-electron chi connectivity index (χ0n) is 24.3. The van der Waals surface area contributed by atoms with Crippen LogP contribution in [-0.4, -0.2) is 98.5 Å². The summed E-state index contributed by atoms with van der Waals surface area (Å²) in [6.45, 7) is 6.83. The number of carbonyl (C=O) groups excluding carboxylic acids is 3. The van der Waals surface area contributed by atoms with Crippen molar-refractivity contribution in [3.8, 4) is 11.5 Å². The number of amides is 3. The number of benzene rings is 2. The minimum atomic E-state index is -0.369. The van der Waals surface area contributed by atoms with Gasteiger partial charge in [0.05, 0.1) is 26.2 Å². The minimum Gasteiger partial charge on any atom is -0.496 e. The van der Waals surface area contributed by atoms with Gasteiger partial charge in [-0.1, -0.05) is 18.6 Å². The highest BCUT2D eigenvalue weighted by Crippen LogP contribution is 2.35.